The van der Waals surface area contributed by atoms with Crippen LogP contribution in [0.2, 0.25) is 0 Å². The maximum Gasteiger partial charge on any atom is 0.264 e. The van der Waals surface area contributed by atoms with E-state index in [0.29, 0.717) is 14.1 Å². The summed E-state index contributed by atoms with van der Waals surface area (Å²) in [6, 6.07) is 4.99. The van der Waals surface area contributed by atoms with Crippen molar-refractivity contribution in [2.45, 2.75) is 24.7 Å². The molecular weight excluding hydrogens is 428 g/mol. The van der Waals surface area contributed by atoms with Gasteiger partial charge in [0.2, 0.25) is 0 Å². The van der Waals surface area contributed by atoms with Crippen molar-refractivity contribution < 1.29 is 8.42 Å². The number of nitrogens with one attached hydrogen (secondary N) is 1. The van der Waals surface area contributed by atoms with Crippen LogP contribution in [0.25, 0.3) is 0 Å². The molecule has 0 spiro atoms. The van der Waals surface area contributed by atoms with Gasteiger partial charge in [0.25, 0.3) is 10.0 Å². The number of nitrogens with zero attached hydrogens (tertiary/aromatic N) is 1. The minimum Gasteiger partial charge on any atom is -0.255 e. The lowest BCUT2D eigenvalue weighted by Gasteiger charge is -2.07. The zero-order chi connectivity index (χ0) is 14.9. The first kappa shape index (κ1) is 15.9. The van der Waals surface area contributed by atoms with Crippen molar-refractivity contribution in [1.82, 2.24) is 4.98 Å². The van der Waals surface area contributed by atoms with Crippen molar-refractivity contribution in [3.63, 3.8) is 0 Å². The molecule has 0 aliphatic carbocycles. The van der Waals surface area contributed by atoms with Crippen molar-refractivity contribution >= 4 is 58.4 Å². The second-order valence-electron chi connectivity index (χ2n) is 4.41. The van der Waals surface area contributed by atoms with Crippen LogP contribution >= 0.6 is 43.2 Å². The van der Waals surface area contributed by atoms with Crippen molar-refractivity contribution in [2.24, 2.45) is 0 Å². The van der Waals surface area contributed by atoms with E-state index in [-0.39, 0.29) is 10.8 Å². The van der Waals surface area contributed by atoms with Crippen LogP contribution in [0.3, 0.4) is 0 Å². The van der Waals surface area contributed by atoms with E-state index < -0.39 is 10.0 Å². The van der Waals surface area contributed by atoms with Gasteiger partial charge in [-0.25, -0.2) is 13.4 Å². The van der Waals surface area contributed by atoms with Crippen molar-refractivity contribution in [3.05, 3.63) is 38.2 Å². The highest BCUT2D eigenvalue weighted by Crippen LogP contribution is 2.29. The van der Waals surface area contributed by atoms with E-state index in [2.05, 4.69) is 41.6 Å². The summed E-state index contributed by atoms with van der Waals surface area (Å²) in [7, 11) is -3.66. The number of benzene rings is 1. The molecule has 0 bridgehead atoms. The molecule has 0 saturated heterocycles. The molecule has 0 unspecified atom stereocenters. The van der Waals surface area contributed by atoms with Crippen molar-refractivity contribution in [2.75, 3.05) is 4.72 Å². The molecule has 1 aromatic heterocycles. The van der Waals surface area contributed by atoms with E-state index in [9.17, 15) is 8.42 Å². The number of hydrogen-bond donors (Lipinski definition) is 1. The lowest BCUT2D eigenvalue weighted by atomic mass is 10.2. The number of thiazole rings is 1. The van der Waals surface area contributed by atoms with Gasteiger partial charge in [-0.2, -0.15) is 0 Å². The fourth-order valence-corrected chi connectivity index (χ4v) is 5.08. The fourth-order valence-electron chi connectivity index (χ4n) is 1.45. The Hall–Kier alpha value is -0.440. The smallest absolute Gasteiger partial charge is 0.255 e. The van der Waals surface area contributed by atoms with Gasteiger partial charge >= 0.3 is 0 Å². The third-order valence-electron chi connectivity index (χ3n) is 2.52. The molecule has 20 heavy (non-hydrogen) atoms. The normalized spacial score (nSPS) is 11.8. The molecule has 4 nitrogen and oxygen atoms in total. The van der Waals surface area contributed by atoms with E-state index >= 15 is 0 Å². The predicted octanol–water partition coefficient (Wildman–Crippen LogP) is 4.59. The zero-order valence-corrected chi connectivity index (χ0v) is 15.5. The maximum absolute atomic E-state index is 12.4. The molecule has 0 amide bonds. The van der Waals surface area contributed by atoms with Gasteiger partial charge in [0.15, 0.2) is 5.13 Å². The number of aromatic nitrogens is 1. The summed E-state index contributed by atoms with van der Waals surface area (Å²) in [4.78, 5) is 4.45. The van der Waals surface area contributed by atoms with Crippen LogP contribution in [0.5, 0.6) is 0 Å². The monoisotopic (exact) mass is 438 g/mol. The largest absolute Gasteiger partial charge is 0.264 e. The van der Waals surface area contributed by atoms with Gasteiger partial charge in [0, 0.05) is 14.3 Å². The molecule has 1 N–H and O–H groups in total. The second kappa shape index (κ2) is 6.13. The summed E-state index contributed by atoms with van der Waals surface area (Å²) in [6.07, 6.45) is 0. The molecule has 0 fully saturated rings. The Bertz CT molecular complexity index is 727. The molecule has 0 saturated carbocycles. The standard InChI is InChI=1S/C12H12Br2N2O2S2/c1-7(2)10-6-19-12(15-10)16-20(17,18)11-5-8(13)3-4-9(11)14/h3-7H,1-2H3,(H,15,16). The first-order valence-corrected chi connectivity index (χ1v) is 9.68. The molecule has 108 valence electrons. The lowest BCUT2D eigenvalue weighted by Crippen LogP contribution is -2.13. The van der Waals surface area contributed by atoms with Crippen LogP contribution in [0, 0.1) is 0 Å². The van der Waals surface area contributed by atoms with Gasteiger partial charge < -0.3 is 0 Å². The van der Waals surface area contributed by atoms with Crippen LogP contribution in [0.1, 0.15) is 25.5 Å². The minimum atomic E-state index is -3.66. The summed E-state index contributed by atoms with van der Waals surface area (Å²) >= 11 is 7.80. The Morgan fingerprint density at radius 3 is 2.60 bits per heavy atom. The molecule has 0 aliphatic rings. The van der Waals surface area contributed by atoms with E-state index in [1.807, 2.05) is 19.2 Å². The first-order chi connectivity index (χ1) is 9.29. The van der Waals surface area contributed by atoms with Crippen LogP contribution in [-0.2, 0) is 10.0 Å². The van der Waals surface area contributed by atoms with Crippen LogP contribution < -0.4 is 4.72 Å². The van der Waals surface area contributed by atoms with Gasteiger partial charge in [-0.1, -0.05) is 29.8 Å². The van der Waals surface area contributed by atoms with Gasteiger partial charge in [-0.05, 0) is 40.0 Å². The van der Waals surface area contributed by atoms with E-state index in [1.54, 1.807) is 18.2 Å². The van der Waals surface area contributed by atoms with E-state index in [0.717, 1.165) is 5.69 Å². The molecule has 2 aromatic rings. The molecule has 2 rings (SSSR count). The molecular formula is C12H12Br2N2O2S2. The fraction of sp³-hybridized carbons (Fsp3) is 0.250. The third kappa shape index (κ3) is 3.60. The number of sulfonamides is 1. The Labute approximate surface area is 138 Å². The summed E-state index contributed by atoms with van der Waals surface area (Å²) in [5, 5.41) is 2.24. The SMILES string of the molecule is CC(C)c1csc(NS(=O)(=O)c2cc(Br)ccc2Br)n1. The van der Waals surface area contributed by atoms with Gasteiger partial charge in [0.05, 0.1) is 5.69 Å². The first-order valence-electron chi connectivity index (χ1n) is 5.73. The Morgan fingerprint density at radius 2 is 2.00 bits per heavy atom. The number of halogens is 2. The maximum atomic E-state index is 12.4. The van der Waals surface area contributed by atoms with E-state index in [4.69, 9.17) is 0 Å². The molecule has 8 heteroatoms. The van der Waals surface area contributed by atoms with Crippen molar-refractivity contribution in [3.8, 4) is 0 Å². The average Bonchev–Trinajstić information content (AvgIpc) is 2.80. The summed E-state index contributed by atoms with van der Waals surface area (Å²) in [5.41, 5.74) is 0.876. The molecule has 0 atom stereocenters. The highest BCUT2D eigenvalue weighted by atomic mass is 79.9. The number of hydrogen-bond acceptors (Lipinski definition) is 4. The molecule has 0 aliphatic heterocycles. The number of rotatable bonds is 4. The third-order valence-corrected chi connectivity index (χ3v) is 6.25. The minimum absolute atomic E-state index is 0.174. The van der Waals surface area contributed by atoms with Crippen molar-refractivity contribution in [1.29, 1.82) is 0 Å². The van der Waals surface area contributed by atoms with Crippen LogP contribution in [0.15, 0.2) is 37.4 Å². The Kier molecular flexibility index (Phi) is 4.88. The summed E-state index contributed by atoms with van der Waals surface area (Å²) in [6.45, 7) is 4.02. The van der Waals surface area contributed by atoms with Gasteiger partial charge in [-0.3, -0.25) is 4.72 Å². The van der Waals surface area contributed by atoms with Crippen LogP contribution in [0.4, 0.5) is 5.13 Å². The summed E-state index contributed by atoms with van der Waals surface area (Å²) in [5.74, 6) is 0.266. The number of anilines is 1. The van der Waals surface area contributed by atoms with Gasteiger partial charge in [-0.15, -0.1) is 11.3 Å². The Balaban J connectivity index is 2.33. The highest BCUT2D eigenvalue weighted by molar-refractivity contribution is 9.11. The Morgan fingerprint density at radius 1 is 1.30 bits per heavy atom. The molecule has 1 aromatic carbocycles. The quantitative estimate of drug-likeness (QED) is 0.757. The van der Waals surface area contributed by atoms with Gasteiger partial charge in [0.1, 0.15) is 4.90 Å². The van der Waals surface area contributed by atoms with Crippen LogP contribution in [-0.4, -0.2) is 13.4 Å². The topological polar surface area (TPSA) is 59.1 Å². The highest BCUT2D eigenvalue weighted by Gasteiger charge is 2.20. The average molecular weight is 440 g/mol. The molecule has 0 radical (unpaired) electrons. The summed E-state index contributed by atoms with van der Waals surface area (Å²) < 4.78 is 28.4. The molecule has 1 heterocycles. The predicted molar refractivity (Wildman–Crippen MR) is 88.9 cm³/mol. The second-order valence-corrected chi connectivity index (χ2v) is 8.69. The van der Waals surface area contributed by atoms with E-state index in [1.165, 1.54) is 11.3 Å². The zero-order valence-electron chi connectivity index (χ0n) is 10.7. The lowest BCUT2D eigenvalue weighted by molar-refractivity contribution is 0.600.